The molecule has 0 saturated carbocycles. The molecule has 1 aromatic rings. The molecule has 20 heavy (non-hydrogen) atoms. The number of pyridine rings is 1. The zero-order valence-corrected chi connectivity index (χ0v) is 13.2. The fourth-order valence-electron chi connectivity index (χ4n) is 2.22. The third kappa shape index (κ3) is 4.70. The highest BCUT2D eigenvalue weighted by atomic mass is 35.5. The predicted molar refractivity (Wildman–Crippen MR) is 82.5 cm³/mol. The lowest BCUT2D eigenvalue weighted by atomic mass is 10.1. The standard InChI is InChI=1S/C13H21N3O2S.ClH/c1-11(13-7-3-5-9-15-13)19(17,18)16-10-12-6-2-4-8-14-12;/h3,5,7,9,11-12,14,16H,2,4,6,8,10H2,1H3;1H. The van der Waals surface area contributed by atoms with Crippen molar-refractivity contribution in [3.63, 3.8) is 0 Å². The van der Waals surface area contributed by atoms with Gasteiger partial charge in [0, 0.05) is 18.8 Å². The molecule has 2 heterocycles. The molecule has 0 radical (unpaired) electrons. The summed E-state index contributed by atoms with van der Waals surface area (Å²) in [4.78, 5) is 4.10. The Hall–Kier alpha value is -0.690. The third-order valence-electron chi connectivity index (χ3n) is 3.51. The van der Waals surface area contributed by atoms with Crippen LogP contribution in [-0.2, 0) is 10.0 Å². The summed E-state index contributed by atoms with van der Waals surface area (Å²) < 4.78 is 27.1. The van der Waals surface area contributed by atoms with Crippen molar-refractivity contribution in [3.8, 4) is 0 Å². The zero-order chi connectivity index (χ0) is 13.7. The first kappa shape index (κ1) is 17.4. The maximum atomic E-state index is 12.2. The van der Waals surface area contributed by atoms with Gasteiger partial charge in [0.05, 0.1) is 5.69 Å². The van der Waals surface area contributed by atoms with Crippen molar-refractivity contribution in [1.29, 1.82) is 0 Å². The number of piperidine rings is 1. The molecule has 5 nitrogen and oxygen atoms in total. The van der Waals surface area contributed by atoms with Gasteiger partial charge in [-0.3, -0.25) is 4.98 Å². The van der Waals surface area contributed by atoms with Gasteiger partial charge in [-0.05, 0) is 38.4 Å². The molecule has 2 atom stereocenters. The van der Waals surface area contributed by atoms with Crippen molar-refractivity contribution in [3.05, 3.63) is 30.1 Å². The predicted octanol–water partition coefficient (Wildman–Crippen LogP) is 1.63. The van der Waals surface area contributed by atoms with Crippen LogP contribution in [0.25, 0.3) is 0 Å². The normalized spacial score (nSPS) is 20.9. The van der Waals surface area contributed by atoms with Crippen LogP contribution in [0.5, 0.6) is 0 Å². The first-order chi connectivity index (χ1) is 9.09. The summed E-state index contributed by atoms with van der Waals surface area (Å²) >= 11 is 0. The number of rotatable bonds is 5. The molecule has 1 aliphatic rings. The van der Waals surface area contributed by atoms with Gasteiger partial charge in [0.1, 0.15) is 5.25 Å². The van der Waals surface area contributed by atoms with E-state index >= 15 is 0 Å². The zero-order valence-electron chi connectivity index (χ0n) is 11.6. The Balaban J connectivity index is 0.00000200. The van der Waals surface area contributed by atoms with Crippen LogP contribution < -0.4 is 10.0 Å². The van der Waals surface area contributed by atoms with E-state index in [-0.39, 0.29) is 18.4 Å². The number of nitrogens with one attached hydrogen (secondary N) is 2. The highest BCUT2D eigenvalue weighted by Crippen LogP contribution is 2.18. The van der Waals surface area contributed by atoms with E-state index in [2.05, 4.69) is 15.0 Å². The molecule has 1 saturated heterocycles. The molecule has 2 unspecified atom stereocenters. The Bertz CT molecular complexity index is 490. The number of nitrogens with zero attached hydrogens (tertiary/aromatic N) is 1. The van der Waals surface area contributed by atoms with Crippen LogP contribution in [0.1, 0.15) is 37.1 Å². The quantitative estimate of drug-likeness (QED) is 0.865. The molecular weight excluding hydrogens is 298 g/mol. The van der Waals surface area contributed by atoms with Crippen molar-refractivity contribution >= 4 is 22.4 Å². The summed E-state index contributed by atoms with van der Waals surface area (Å²) in [6, 6.07) is 5.57. The average Bonchev–Trinajstić information content (AvgIpc) is 2.46. The van der Waals surface area contributed by atoms with E-state index in [0.717, 1.165) is 19.4 Å². The Labute approximate surface area is 127 Å². The van der Waals surface area contributed by atoms with Gasteiger partial charge in [-0.15, -0.1) is 12.4 Å². The first-order valence-corrected chi connectivity index (χ1v) is 8.27. The minimum Gasteiger partial charge on any atom is -0.313 e. The van der Waals surface area contributed by atoms with Gasteiger partial charge in [0.15, 0.2) is 0 Å². The second-order valence-corrected chi connectivity index (χ2v) is 7.02. The maximum Gasteiger partial charge on any atom is 0.220 e. The lowest BCUT2D eigenvalue weighted by Crippen LogP contribution is -2.44. The summed E-state index contributed by atoms with van der Waals surface area (Å²) in [5.41, 5.74) is 0.576. The van der Waals surface area contributed by atoms with Gasteiger partial charge in [-0.2, -0.15) is 0 Å². The fourth-order valence-corrected chi connectivity index (χ4v) is 3.36. The smallest absolute Gasteiger partial charge is 0.220 e. The average molecular weight is 320 g/mol. The highest BCUT2D eigenvalue weighted by Gasteiger charge is 2.24. The van der Waals surface area contributed by atoms with Crippen molar-refractivity contribution < 1.29 is 8.42 Å². The molecule has 7 heteroatoms. The van der Waals surface area contributed by atoms with Crippen molar-refractivity contribution in [1.82, 2.24) is 15.0 Å². The van der Waals surface area contributed by atoms with E-state index in [9.17, 15) is 8.42 Å². The maximum absolute atomic E-state index is 12.2. The lowest BCUT2D eigenvalue weighted by Gasteiger charge is -2.24. The van der Waals surface area contributed by atoms with Gasteiger partial charge in [-0.25, -0.2) is 13.1 Å². The number of halogens is 1. The van der Waals surface area contributed by atoms with Crippen molar-refractivity contribution in [2.24, 2.45) is 0 Å². The molecule has 1 fully saturated rings. The van der Waals surface area contributed by atoms with Gasteiger partial charge >= 0.3 is 0 Å². The van der Waals surface area contributed by atoms with Crippen LogP contribution in [0, 0.1) is 0 Å². The summed E-state index contributed by atoms with van der Waals surface area (Å²) in [7, 11) is -3.37. The molecule has 0 bridgehead atoms. The molecule has 0 spiro atoms. The molecule has 1 aromatic heterocycles. The molecular formula is C13H22ClN3O2S. The Kier molecular flexibility index (Phi) is 6.88. The second-order valence-electron chi connectivity index (χ2n) is 4.94. The van der Waals surface area contributed by atoms with Crippen LogP contribution in [0.2, 0.25) is 0 Å². The third-order valence-corrected chi connectivity index (χ3v) is 5.25. The minimum absolute atomic E-state index is 0. The van der Waals surface area contributed by atoms with Crippen molar-refractivity contribution in [2.75, 3.05) is 13.1 Å². The Morgan fingerprint density at radius 1 is 1.45 bits per heavy atom. The number of aromatic nitrogens is 1. The number of sulfonamides is 1. The monoisotopic (exact) mass is 319 g/mol. The summed E-state index contributed by atoms with van der Waals surface area (Å²) in [5, 5.41) is 2.70. The van der Waals surface area contributed by atoms with Crippen LogP contribution >= 0.6 is 12.4 Å². The topological polar surface area (TPSA) is 71.1 Å². The molecule has 0 aromatic carbocycles. The molecule has 0 aliphatic carbocycles. The summed E-state index contributed by atoms with van der Waals surface area (Å²) in [6.45, 7) is 3.10. The van der Waals surface area contributed by atoms with Gasteiger partial charge < -0.3 is 5.32 Å². The summed E-state index contributed by atoms with van der Waals surface area (Å²) in [6.07, 6.45) is 4.98. The molecule has 2 rings (SSSR count). The first-order valence-electron chi connectivity index (χ1n) is 6.72. The van der Waals surface area contributed by atoms with E-state index < -0.39 is 15.3 Å². The lowest BCUT2D eigenvalue weighted by molar-refractivity contribution is 0.397. The second kappa shape index (κ2) is 7.93. The number of hydrogen-bond acceptors (Lipinski definition) is 4. The minimum atomic E-state index is -3.37. The summed E-state index contributed by atoms with van der Waals surface area (Å²) in [5.74, 6) is 0. The van der Waals surface area contributed by atoms with E-state index in [0.29, 0.717) is 12.2 Å². The van der Waals surface area contributed by atoms with Gasteiger partial charge in [0.25, 0.3) is 0 Å². The van der Waals surface area contributed by atoms with Crippen LogP contribution in [0.4, 0.5) is 0 Å². The van der Waals surface area contributed by atoms with Gasteiger partial charge in [-0.1, -0.05) is 12.5 Å². The largest absolute Gasteiger partial charge is 0.313 e. The van der Waals surface area contributed by atoms with Crippen LogP contribution in [-0.4, -0.2) is 32.5 Å². The van der Waals surface area contributed by atoms with Crippen LogP contribution in [0.15, 0.2) is 24.4 Å². The van der Waals surface area contributed by atoms with Crippen molar-refractivity contribution in [2.45, 2.75) is 37.5 Å². The van der Waals surface area contributed by atoms with E-state index in [1.807, 2.05) is 0 Å². The highest BCUT2D eigenvalue weighted by molar-refractivity contribution is 7.89. The SMILES string of the molecule is CC(c1ccccn1)S(=O)(=O)NCC1CCCCN1.Cl. The molecule has 1 aliphatic heterocycles. The van der Waals surface area contributed by atoms with E-state index in [1.165, 1.54) is 6.42 Å². The van der Waals surface area contributed by atoms with Crippen LogP contribution in [0.3, 0.4) is 0 Å². The molecule has 2 N–H and O–H groups in total. The Morgan fingerprint density at radius 3 is 2.85 bits per heavy atom. The molecule has 0 amide bonds. The van der Waals surface area contributed by atoms with E-state index in [1.54, 1.807) is 31.3 Å². The van der Waals surface area contributed by atoms with Gasteiger partial charge in [0.2, 0.25) is 10.0 Å². The fraction of sp³-hybridized carbons (Fsp3) is 0.615. The molecule has 114 valence electrons. The number of hydrogen-bond donors (Lipinski definition) is 2. The van der Waals surface area contributed by atoms with E-state index in [4.69, 9.17) is 0 Å². The Morgan fingerprint density at radius 2 is 2.25 bits per heavy atom.